The molecule has 0 spiro atoms. The second-order valence-corrected chi connectivity index (χ2v) is 4.42. The van der Waals surface area contributed by atoms with E-state index in [2.05, 4.69) is 4.74 Å². The number of aromatic carboxylic acids is 1. The van der Waals surface area contributed by atoms with Crippen molar-refractivity contribution < 1.29 is 39.5 Å². The first kappa shape index (κ1) is 15.8. The molecule has 23 heavy (non-hydrogen) atoms. The number of phenolic OH excluding ortho intramolecular Hbond substituents is 3. The highest BCUT2D eigenvalue weighted by atomic mass is 16.6. The molecule has 8 nitrogen and oxygen atoms in total. The third-order valence-corrected chi connectivity index (χ3v) is 2.83. The van der Waals surface area contributed by atoms with Crippen LogP contribution in [0.25, 0.3) is 0 Å². The van der Waals surface area contributed by atoms with Gasteiger partial charge in [-0.15, -0.1) is 0 Å². The predicted molar refractivity (Wildman–Crippen MR) is 74.6 cm³/mol. The van der Waals surface area contributed by atoms with Gasteiger partial charge in [-0.3, -0.25) is 0 Å². The fraction of sp³-hybridized carbons (Fsp3) is 0. The molecule has 0 aliphatic rings. The third kappa shape index (κ3) is 3.38. The molecule has 8 heteroatoms. The van der Waals surface area contributed by atoms with Crippen LogP contribution in [0.2, 0.25) is 0 Å². The molecule has 0 saturated carbocycles. The number of hydrogen-bond acceptors (Lipinski definition) is 7. The number of aromatic hydroxyl groups is 3. The van der Waals surface area contributed by atoms with Crippen molar-refractivity contribution in [3.05, 3.63) is 53.1 Å². The Morgan fingerprint density at radius 3 is 2.17 bits per heavy atom. The molecule has 4 N–H and O–H groups in total. The van der Waals surface area contributed by atoms with Crippen molar-refractivity contribution in [1.29, 1.82) is 0 Å². The van der Waals surface area contributed by atoms with Gasteiger partial charge >= 0.3 is 17.9 Å². The van der Waals surface area contributed by atoms with Crippen molar-refractivity contribution in [2.24, 2.45) is 0 Å². The molecule has 0 amide bonds. The summed E-state index contributed by atoms with van der Waals surface area (Å²) in [4.78, 5) is 34.5. The van der Waals surface area contributed by atoms with Gasteiger partial charge in [0.1, 0.15) is 11.3 Å². The number of phenols is 3. The zero-order valence-electron chi connectivity index (χ0n) is 11.4. The summed E-state index contributed by atoms with van der Waals surface area (Å²) < 4.78 is 4.50. The maximum Gasteiger partial charge on any atom is 0.350 e. The molecule has 2 aromatic carbocycles. The molecule has 0 saturated heterocycles. The molecule has 0 radical (unpaired) electrons. The van der Waals surface area contributed by atoms with Gasteiger partial charge in [-0.2, -0.15) is 0 Å². The van der Waals surface area contributed by atoms with E-state index in [0.29, 0.717) is 0 Å². The van der Waals surface area contributed by atoms with Crippen molar-refractivity contribution in [1.82, 2.24) is 0 Å². The zero-order chi connectivity index (χ0) is 17.1. The van der Waals surface area contributed by atoms with E-state index in [0.717, 1.165) is 18.2 Å². The second-order valence-electron chi connectivity index (χ2n) is 4.42. The van der Waals surface area contributed by atoms with Crippen molar-refractivity contribution in [3.63, 3.8) is 0 Å². The Hall–Kier alpha value is -3.55. The SMILES string of the molecule is O=C(O)c1cccc(C(=O)OC(=O)c2cc(O)cc(O)c2O)c1. The van der Waals surface area contributed by atoms with Gasteiger partial charge in [0.25, 0.3) is 0 Å². The smallest absolute Gasteiger partial charge is 0.350 e. The summed E-state index contributed by atoms with van der Waals surface area (Å²) in [6.07, 6.45) is 0. The number of ether oxygens (including phenoxy) is 1. The van der Waals surface area contributed by atoms with Gasteiger partial charge in [-0.1, -0.05) is 6.07 Å². The summed E-state index contributed by atoms with van der Waals surface area (Å²) in [5.74, 6) is -5.88. The summed E-state index contributed by atoms with van der Waals surface area (Å²) in [5, 5.41) is 37.0. The Labute approximate surface area is 128 Å². The highest BCUT2D eigenvalue weighted by molar-refractivity contribution is 6.05. The van der Waals surface area contributed by atoms with Crippen LogP contribution in [-0.2, 0) is 4.74 Å². The average Bonchev–Trinajstić information content (AvgIpc) is 2.50. The first-order chi connectivity index (χ1) is 10.8. The molecule has 0 aliphatic heterocycles. The molecule has 2 aromatic rings. The fourth-order valence-corrected chi connectivity index (χ4v) is 1.74. The molecule has 0 atom stereocenters. The van der Waals surface area contributed by atoms with Gasteiger partial charge in [0.05, 0.1) is 11.1 Å². The lowest BCUT2D eigenvalue weighted by Crippen LogP contribution is -2.13. The van der Waals surface area contributed by atoms with Gasteiger partial charge in [0.2, 0.25) is 0 Å². The molecule has 118 valence electrons. The lowest BCUT2D eigenvalue weighted by Gasteiger charge is -2.07. The van der Waals surface area contributed by atoms with Crippen molar-refractivity contribution in [2.75, 3.05) is 0 Å². The van der Waals surface area contributed by atoms with E-state index in [1.54, 1.807) is 0 Å². The van der Waals surface area contributed by atoms with Crippen molar-refractivity contribution in [2.45, 2.75) is 0 Å². The fourth-order valence-electron chi connectivity index (χ4n) is 1.74. The second kappa shape index (κ2) is 6.06. The maximum absolute atomic E-state index is 11.8. The molecular weight excluding hydrogens is 308 g/mol. The van der Waals surface area contributed by atoms with Crippen LogP contribution in [0, 0.1) is 0 Å². The standard InChI is InChI=1S/C15H10O8/c16-9-5-10(12(18)11(17)6-9)15(22)23-14(21)8-3-1-2-7(4-8)13(19)20/h1-6,16-18H,(H,19,20). The first-order valence-electron chi connectivity index (χ1n) is 6.14. The van der Waals surface area contributed by atoms with E-state index in [4.69, 9.17) is 5.11 Å². The van der Waals surface area contributed by atoms with Crippen LogP contribution in [0.4, 0.5) is 0 Å². The lowest BCUT2D eigenvalue weighted by molar-refractivity contribution is 0.0395. The minimum atomic E-state index is -1.32. The summed E-state index contributed by atoms with van der Waals surface area (Å²) in [5.41, 5.74) is -0.989. The molecular formula is C15H10O8. The van der Waals surface area contributed by atoms with Gasteiger partial charge in [0, 0.05) is 6.07 Å². The Kier molecular flexibility index (Phi) is 4.17. The highest BCUT2D eigenvalue weighted by Gasteiger charge is 2.21. The summed E-state index contributed by atoms with van der Waals surface area (Å²) >= 11 is 0. The maximum atomic E-state index is 11.8. The van der Waals surface area contributed by atoms with Gasteiger partial charge in [-0.05, 0) is 24.3 Å². The van der Waals surface area contributed by atoms with E-state index >= 15 is 0 Å². The summed E-state index contributed by atoms with van der Waals surface area (Å²) in [6, 6.07) is 6.39. The Bertz CT molecular complexity index is 809. The molecule has 0 heterocycles. The Morgan fingerprint density at radius 2 is 1.52 bits per heavy atom. The van der Waals surface area contributed by atoms with E-state index in [1.807, 2.05) is 0 Å². The molecule has 0 aromatic heterocycles. The first-order valence-corrected chi connectivity index (χ1v) is 6.14. The van der Waals surface area contributed by atoms with Crippen LogP contribution in [0.5, 0.6) is 17.2 Å². The van der Waals surface area contributed by atoms with Crippen LogP contribution < -0.4 is 0 Å². The third-order valence-electron chi connectivity index (χ3n) is 2.83. The van der Waals surface area contributed by atoms with Crippen LogP contribution in [-0.4, -0.2) is 38.3 Å². The normalized spacial score (nSPS) is 10.1. The Balaban J connectivity index is 2.25. The minimum absolute atomic E-state index is 0.176. The van der Waals surface area contributed by atoms with E-state index in [1.165, 1.54) is 18.2 Å². The van der Waals surface area contributed by atoms with E-state index in [9.17, 15) is 29.7 Å². The van der Waals surface area contributed by atoms with Crippen LogP contribution in [0.15, 0.2) is 36.4 Å². The Morgan fingerprint density at radius 1 is 0.870 bits per heavy atom. The predicted octanol–water partition coefficient (Wildman–Crippen LogP) is 1.50. The zero-order valence-corrected chi connectivity index (χ0v) is 11.4. The van der Waals surface area contributed by atoms with E-state index in [-0.39, 0.29) is 11.1 Å². The lowest BCUT2D eigenvalue weighted by atomic mass is 10.1. The van der Waals surface area contributed by atoms with E-state index < -0.39 is 40.7 Å². The van der Waals surface area contributed by atoms with Crippen molar-refractivity contribution in [3.8, 4) is 17.2 Å². The van der Waals surface area contributed by atoms with Crippen LogP contribution in [0.1, 0.15) is 31.1 Å². The topological polar surface area (TPSA) is 141 Å². The quantitative estimate of drug-likeness (QED) is 0.289. The van der Waals surface area contributed by atoms with Crippen molar-refractivity contribution >= 4 is 17.9 Å². The minimum Gasteiger partial charge on any atom is -0.508 e. The van der Waals surface area contributed by atoms with Crippen LogP contribution in [0.3, 0.4) is 0 Å². The molecule has 0 fully saturated rings. The molecule has 0 bridgehead atoms. The van der Waals surface area contributed by atoms with Gasteiger partial charge in [0.15, 0.2) is 11.5 Å². The molecule has 0 aliphatic carbocycles. The highest BCUT2D eigenvalue weighted by Crippen LogP contribution is 2.33. The average molecular weight is 318 g/mol. The number of carboxylic acids is 1. The van der Waals surface area contributed by atoms with Gasteiger partial charge in [-0.25, -0.2) is 14.4 Å². The number of benzene rings is 2. The number of carbonyl (C=O) groups is 3. The summed E-state index contributed by atoms with van der Waals surface area (Å²) in [7, 11) is 0. The molecule has 2 rings (SSSR count). The monoisotopic (exact) mass is 318 g/mol. The number of hydrogen-bond donors (Lipinski definition) is 4. The molecule has 0 unspecified atom stereocenters. The number of carbonyl (C=O) groups excluding carboxylic acids is 2. The number of carboxylic acid groups (broad SMARTS) is 1. The largest absolute Gasteiger partial charge is 0.508 e. The van der Waals surface area contributed by atoms with Gasteiger partial charge < -0.3 is 25.2 Å². The van der Waals surface area contributed by atoms with Crippen LogP contribution >= 0.6 is 0 Å². The number of esters is 2. The summed E-state index contributed by atoms with van der Waals surface area (Å²) in [6.45, 7) is 0. The number of rotatable bonds is 3.